The number of nitrogens with one attached hydrogen (secondary N) is 1. The number of rotatable bonds is 4. The topological polar surface area (TPSA) is 41.5 Å². The van der Waals surface area contributed by atoms with E-state index in [-0.39, 0.29) is 11.9 Å². The summed E-state index contributed by atoms with van der Waals surface area (Å²) >= 11 is 0. The number of phenolic OH excluding ortho intramolecular Hbond substituents is 1. The smallest absolute Gasteiger partial charge is 0.119 e. The molecule has 2 atom stereocenters. The maximum Gasteiger partial charge on any atom is 0.119 e. The molecule has 0 saturated carbocycles. The number of hydrogen-bond donors (Lipinski definition) is 2. The molecular weight excluding hydrogens is 202 g/mol. The van der Waals surface area contributed by atoms with E-state index in [0.29, 0.717) is 0 Å². The van der Waals surface area contributed by atoms with Crippen LogP contribution in [-0.4, -0.2) is 24.3 Å². The third kappa shape index (κ3) is 3.14. The first kappa shape index (κ1) is 11.3. The predicted molar refractivity (Wildman–Crippen MR) is 63.8 cm³/mol. The second kappa shape index (κ2) is 5.21. The lowest BCUT2D eigenvalue weighted by molar-refractivity contribution is 0.189. The first-order valence-corrected chi connectivity index (χ1v) is 5.90. The van der Waals surface area contributed by atoms with E-state index in [0.717, 1.165) is 31.2 Å². The van der Waals surface area contributed by atoms with Crippen LogP contribution in [0.5, 0.6) is 11.5 Å². The summed E-state index contributed by atoms with van der Waals surface area (Å²) in [6.07, 6.45) is 2.58. The van der Waals surface area contributed by atoms with Crippen LogP contribution in [0.3, 0.4) is 0 Å². The molecule has 1 saturated heterocycles. The lowest BCUT2D eigenvalue weighted by Gasteiger charge is -2.17. The van der Waals surface area contributed by atoms with E-state index in [9.17, 15) is 0 Å². The molecule has 3 heteroatoms. The molecule has 1 aliphatic rings. The molecular formula is C13H19NO2. The van der Waals surface area contributed by atoms with Gasteiger partial charge in [0.05, 0.1) is 6.10 Å². The molecule has 2 unspecified atom stereocenters. The number of hydrogen-bond acceptors (Lipinski definition) is 3. The Morgan fingerprint density at radius 2 is 2.19 bits per heavy atom. The van der Waals surface area contributed by atoms with Gasteiger partial charge in [-0.1, -0.05) is 0 Å². The van der Waals surface area contributed by atoms with Crippen molar-refractivity contribution in [2.45, 2.75) is 25.9 Å². The Hall–Kier alpha value is -1.22. The number of aromatic hydroxyl groups is 1. The minimum Gasteiger partial charge on any atom is -0.508 e. The van der Waals surface area contributed by atoms with Crippen molar-refractivity contribution < 1.29 is 9.84 Å². The number of ether oxygens (including phenoxy) is 1. The fourth-order valence-corrected chi connectivity index (χ4v) is 2.19. The highest BCUT2D eigenvalue weighted by atomic mass is 16.5. The molecule has 0 bridgehead atoms. The molecule has 0 radical (unpaired) electrons. The van der Waals surface area contributed by atoms with Gasteiger partial charge in [-0.05, 0) is 63.0 Å². The van der Waals surface area contributed by atoms with Crippen LogP contribution in [0.4, 0.5) is 0 Å². The zero-order valence-electron chi connectivity index (χ0n) is 9.65. The Morgan fingerprint density at radius 1 is 1.44 bits per heavy atom. The van der Waals surface area contributed by atoms with E-state index in [1.807, 2.05) is 0 Å². The molecule has 0 aromatic heterocycles. The third-order valence-corrected chi connectivity index (χ3v) is 3.00. The van der Waals surface area contributed by atoms with Gasteiger partial charge in [0.15, 0.2) is 0 Å². The van der Waals surface area contributed by atoms with Crippen LogP contribution in [-0.2, 0) is 0 Å². The van der Waals surface area contributed by atoms with Gasteiger partial charge in [0, 0.05) is 0 Å². The lowest BCUT2D eigenvalue weighted by atomic mass is 10.0. The zero-order valence-corrected chi connectivity index (χ0v) is 9.65. The van der Waals surface area contributed by atoms with Gasteiger partial charge in [-0.3, -0.25) is 0 Å². The highest BCUT2D eigenvalue weighted by Gasteiger charge is 2.18. The summed E-state index contributed by atoms with van der Waals surface area (Å²) in [5, 5.41) is 12.5. The van der Waals surface area contributed by atoms with Crippen LogP contribution >= 0.6 is 0 Å². The summed E-state index contributed by atoms with van der Waals surface area (Å²) in [6.45, 7) is 4.35. The summed E-state index contributed by atoms with van der Waals surface area (Å²) < 4.78 is 5.79. The molecule has 0 amide bonds. The van der Waals surface area contributed by atoms with Crippen molar-refractivity contribution in [3.05, 3.63) is 24.3 Å². The van der Waals surface area contributed by atoms with Crippen LogP contribution in [0.1, 0.15) is 19.8 Å². The van der Waals surface area contributed by atoms with Gasteiger partial charge in [-0.25, -0.2) is 0 Å². The molecule has 1 heterocycles. The maximum atomic E-state index is 9.16. The molecule has 1 aromatic rings. The summed E-state index contributed by atoms with van der Waals surface area (Å²) in [7, 11) is 0. The number of phenols is 1. The van der Waals surface area contributed by atoms with Crippen molar-refractivity contribution in [1.29, 1.82) is 0 Å². The summed E-state index contributed by atoms with van der Waals surface area (Å²) in [5.74, 6) is 1.85. The van der Waals surface area contributed by atoms with Crippen LogP contribution < -0.4 is 10.1 Å². The van der Waals surface area contributed by atoms with Gasteiger partial charge in [-0.15, -0.1) is 0 Å². The van der Waals surface area contributed by atoms with Crippen molar-refractivity contribution in [2.24, 2.45) is 5.92 Å². The standard InChI is InChI=1S/C13H19NO2/c1-10(8-11-6-7-14-9-11)16-13-4-2-12(15)3-5-13/h2-5,10-11,14-15H,6-9H2,1H3. The van der Waals surface area contributed by atoms with Gasteiger partial charge in [0.1, 0.15) is 11.5 Å². The Kier molecular flexibility index (Phi) is 3.67. The highest BCUT2D eigenvalue weighted by Crippen LogP contribution is 2.21. The van der Waals surface area contributed by atoms with Crippen molar-refractivity contribution in [3.63, 3.8) is 0 Å². The second-order valence-electron chi connectivity index (χ2n) is 4.52. The van der Waals surface area contributed by atoms with Gasteiger partial charge >= 0.3 is 0 Å². The van der Waals surface area contributed by atoms with Gasteiger partial charge < -0.3 is 15.2 Å². The van der Waals surface area contributed by atoms with Crippen LogP contribution in [0.2, 0.25) is 0 Å². The Morgan fingerprint density at radius 3 is 2.81 bits per heavy atom. The van der Waals surface area contributed by atoms with E-state index >= 15 is 0 Å². The summed E-state index contributed by atoms with van der Waals surface area (Å²) in [6, 6.07) is 6.91. The second-order valence-corrected chi connectivity index (χ2v) is 4.52. The largest absolute Gasteiger partial charge is 0.508 e. The number of benzene rings is 1. The molecule has 16 heavy (non-hydrogen) atoms. The summed E-state index contributed by atoms with van der Waals surface area (Å²) in [4.78, 5) is 0. The molecule has 2 rings (SSSR count). The van der Waals surface area contributed by atoms with Gasteiger partial charge in [0.2, 0.25) is 0 Å². The fourth-order valence-electron chi connectivity index (χ4n) is 2.19. The maximum absolute atomic E-state index is 9.16. The third-order valence-electron chi connectivity index (χ3n) is 3.00. The Labute approximate surface area is 96.4 Å². The first-order chi connectivity index (χ1) is 7.74. The minimum atomic E-state index is 0.231. The van der Waals surface area contributed by atoms with E-state index in [1.165, 1.54) is 6.42 Å². The Balaban J connectivity index is 1.81. The van der Waals surface area contributed by atoms with Crippen LogP contribution in [0, 0.1) is 5.92 Å². The molecule has 1 fully saturated rings. The van der Waals surface area contributed by atoms with Crippen molar-refractivity contribution in [1.82, 2.24) is 5.32 Å². The van der Waals surface area contributed by atoms with E-state index in [1.54, 1.807) is 24.3 Å². The van der Waals surface area contributed by atoms with E-state index in [4.69, 9.17) is 9.84 Å². The van der Waals surface area contributed by atoms with E-state index in [2.05, 4.69) is 12.2 Å². The minimum absolute atomic E-state index is 0.231. The quantitative estimate of drug-likeness (QED) is 0.818. The van der Waals surface area contributed by atoms with Crippen molar-refractivity contribution in [3.8, 4) is 11.5 Å². The van der Waals surface area contributed by atoms with Gasteiger partial charge in [0.25, 0.3) is 0 Å². The zero-order chi connectivity index (χ0) is 11.4. The van der Waals surface area contributed by atoms with Gasteiger partial charge in [-0.2, -0.15) is 0 Å². The van der Waals surface area contributed by atoms with Crippen molar-refractivity contribution >= 4 is 0 Å². The molecule has 0 spiro atoms. The SMILES string of the molecule is CC(CC1CCNC1)Oc1ccc(O)cc1. The Bertz CT molecular complexity index is 317. The molecule has 0 aliphatic carbocycles. The predicted octanol–water partition coefficient (Wildman–Crippen LogP) is 2.16. The highest BCUT2D eigenvalue weighted by molar-refractivity contribution is 5.30. The average molecular weight is 221 g/mol. The molecule has 3 nitrogen and oxygen atoms in total. The average Bonchev–Trinajstić information content (AvgIpc) is 2.74. The normalized spacial score (nSPS) is 21.9. The van der Waals surface area contributed by atoms with Crippen LogP contribution in [0.25, 0.3) is 0 Å². The molecule has 88 valence electrons. The van der Waals surface area contributed by atoms with Crippen molar-refractivity contribution in [2.75, 3.05) is 13.1 Å². The van der Waals surface area contributed by atoms with E-state index < -0.39 is 0 Å². The molecule has 1 aliphatic heterocycles. The lowest BCUT2D eigenvalue weighted by Crippen LogP contribution is -2.18. The first-order valence-electron chi connectivity index (χ1n) is 5.90. The monoisotopic (exact) mass is 221 g/mol. The fraction of sp³-hybridized carbons (Fsp3) is 0.538. The van der Waals surface area contributed by atoms with Crippen LogP contribution in [0.15, 0.2) is 24.3 Å². The molecule has 1 aromatic carbocycles. The summed E-state index contributed by atoms with van der Waals surface area (Å²) in [5.41, 5.74) is 0. The molecule has 2 N–H and O–H groups in total.